The van der Waals surface area contributed by atoms with E-state index in [1.54, 1.807) is 23.1 Å². The number of hydrogen-bond donors (Lipinski definition) is 0. The molecule has 1 aromatic rings. The molecule has 0 aromatic carbocycles. The molecule has 1 rings (SSSR count). The van der Waals surface area contributed by atoms with Crippen LogP contribution in [-0.2, 0) is 11.2 Å². The zero-order valence-electron chi connectivity index (χ0n) is 8.49. The number of aryl methyl sites for hydroxylation is 1. The molecule has 0 aliphatic heterocycles. The maximum atomic E-state index is 11.3. The van der Waals surface area contributed by atoms with Gasteiger partial charge < -0.3 is 0 Å². The summed E-state index contributed by atoms with van der Waals surface area (Å²) in [7, 11) is 0. The van der Waals surface area contributed by atoms with Crippen molar-refractivity contribution in [2.45, 2.75) is 25.7 Å². The zero-order valence-corrected chi connectivity index (χ0v) is 10.1. The molecule has 1 heterocycles. The fourth-order valence-electron chi connectivity index (χ4n) is 1.26. The standard InChI is InChI=1S/C11H16OS2/c1-13-9-7-10(12)4-2-5-11-6-3-8-14-11/h3,6,8H,2,4-5,7,9H2,1H3. The Hall–Kier alpha value is -0.280. The van der Waals surface area contributed by atoms with E-state index in [2.05, 4.69) is 17.5 Å². The second kappa shape index (κ2) is 7.07. The van der Waals surface area contributed by atoms with E-state index in [0.29, 0.717) is 5.78 Å². The van der Waals surface area contributed by atoms with E-state index in [9.17, 15) is 4.79 Å². The summed E-state index contributed by atoms with van der Waals surface area (Å²) in [6.07, 6.45) is 5.60. The zero-order chi connectivity index (χ0) is 10.2. The molecule has 0 saturated heterocycles. The maximum Gasteiger partial charge on any atom is 0.133 e. The minimum atomic E-state index is 0.413. The van der Waals surface area contributed by atoms with Gasteiger partial charge in [0.2, 0.25) is 0 Å². The Labute approximate surface area is 93.9 Å². The van der Waals surface area contributed by atoms with Crippen molar-refractivity contribution in [1.82, 2.24) is 0 Å². The Kier molecular flexibility index (Phi) is 5.96. The van der Waals surface area contributed by atoms with Crippen LogP contribution in [0.2, 0.25) is 0 Å². The van der Waals surface area contributed by atoms with Gasteiger partial charge in [0.1, 0.15) is 5.78 Å². The first-order valence-electron chi connectivity index (χ1n) is 4.86. The van der Waals surface area contributed by atoms with Crippen molar-refractivity contribution in [3.8, 4) is 0 Å². The molecule has 0 aliphatic carbocycles. The van der Waals surface area contributed by atoms with Crippen molar-refractivity contribution >= 4 is 28.9 Å². The lowest BCUT2D eigenvalue weighted by Crippen LogP contribution is -1.99. The predicted molar refractivity (Wildman–Crippen MR) is 65.3 cm³/mol. The first kappa shape index (κ1) is 11.8. The molecule has 14 heavy (non-hydrogen) atoms. The van der Waals surface area contributed by atoms with Gasteiger partial charge in [-0.2, -0.15) is 11.8 Å². The fraction of sp³-hybridized carbons (Fsp3) is 0.545. The van der Waals surface area contributed by atoms with Crippen molar-refractivity contribution in [2.24, 2.45) is 0 Å². The number of carbonyl (C=O) groups excluding carboxylic acids is 1. The lowest BCUT2D eigenvalue weighted by molar-refractivity contribution is -0.118. The van der Waals surface area contributed by atoms with Crippen LogP contribution < -0.4 is 0 Å². The van der Waals surface area contributed by atoms with E-state index in [1.807, 2.05) is 6.26 Å². The minimum Gasteiger partial charge on any atom is -0.300 e. The number of rotatable bonds is 7. The molecule has 0 atom stereocenters. The van der Waals surface area contributed by atoms with Gasteiger partial charge in [-0.1, -0.05) is 6.07 Å². The van der Waals surface area contributed by atoms with Gasteiger partial charge in [-0.05, 0) is 36.3 Å². The van der Waals surface area contributed by atoms with Crippen LogP contribution in [0.1, 0.15) is 24.1 Å². The highest BCUT2D eigenvalue weighted by molar-refractivity contribution is 7.98. The number of ketones is 1. The second-order valence-corrected chi connectivity index (χ2v) is 5.23. The summed E-state index contributed by atoms with van der Waals surface area (Å²) < 4.78 is 0. The van der Waals surface area contributed by atoms with Crippen LogP contribution in [-0.4, -0.2) is 17.8 Å². The van der Waals surface area contributed by atoms with Crippen LogP contribution in [0.5, 0.6) is 0 Å². The molecule has 0 radical (unpaired) electrons. The van der Waals surface area contributed by atoms with E-state index >= 15 is 0 Å². The molecule has 78 valence electrons. The fourth-order valence-corrected chi connectivity index (χ4v) is 2.44. The second-order valence-electron chi connectivity index (χ2n) is 3.21. The molecule has 0 aliphatic rings. The maximum absolute atomic E-state index is 11.3. The lowest BCUT2D eigenvalue weighted by Gasteiger charge is -1.98. The normalized spacial score (nSPS) is 10.4. The summed E-state index contributed by atoms with van der Waals surface area (Å²) in [5.74, 6) is 1.38. The Balaban J connectivity index is 2.06. The smallest absolute Gasteiger partial charge is 0.133 e. The summed E-state index contributed by atoms with van der Waals surface area (Å²) in [5, 5.41) is 2.09. The predicted octanol–water partition coefficient (Wildman–Crippen LogP) is 3.39. The highest BCUT2D eigenvalue weighted by Crippen LogP contribution is 2.12. The molecule has 1 nitrogen and oxygen atoms in total. The number of thioether (sulfide) groups is 1. The first-order chi connectivity index (χ1) is 6.83. The largest absolute Gasteiger partial charge is 0.300 e. The van der Waals surface area contributed by atoms with Gasteiger partial charge in [0.15, 0.2) is 0 Å². The number of Topliss-reactive ketones (excluding diaryl/α,β-unsaturated/α-hetero) is 1. The summed E-state index contributed by atoms with van der Waals surface area (Å²) in [4.78, 5) is 12.7. The average Bonchev–Trinajstić information content (AvgIpc) is 2.67. The minimum absolute atomic E-state index is 0.413. The van der Waals surface area contributed by atoms with E-state index in [-0.39, 0.29) is 0 Å². The SMILES string of the molecule is CSCCC(=O)CCCc1cccs1. The Morgan fingerprint density at radius 2 is 2.36 bits per heavy atom. The summed E-state index contributed by atoms with van der Waals surface area (Å²) in [6, 6.07) is 4.20. The summed E-state index contributed by atoms with van der Waals surface area (Å²) >= 11 is 3.52. The van der Waals surface area contributed by atoms with Gasteiger partial charge in [-0.15, -0.1) is 11.3 Å². The van der Waals surface area contributed by atoms with Crippen LogP contribution in [0.3, 0.4) is 0 Å². The molecule has 0 spiro atoms. The van der Waals surface area contributed by atoms with Gasteiger partial charge >= 0.3 is 0 Å². The van der Waals surface area contributed by atoms with Gasteiger partial charge in [-0.25, -0.2) is 0 Å². The van der Waals surface area contributed by atoms with E-state index in [0.717, 1.165) is 31.4 Å². The number of thiophene rings is 1. The third kappa shape index (κ3) is 4.82. The Morgan fingerprint density at radius 1 is 1.50 bits per heavy atom. The quantitative estimate of drug-likeness (QED) is 0.711. The molecule has 0 N–H and O–H groups in total. The van der Waals surface area contributed by atoms with Crippen LogP contribution in [0.25, 0.3) is 0 Å². The number of hydrogen-bond acceptors (Lipinski definition) is 3. The topological polar surface area (TPSA) is 17.1 Å². The van der Waals surface area contributed by atoms with Crippen LogP contribution in [0.15, 0.2) is 17.5 Å². The average molecular weight is 228 g/mol. The summed E-state index contributed by atoms with van der Waals surface area (Å²) in [6.45, 7) is 0. The molecular formula is C11H16OS2. The van der Waals surface area contributed by atoms with Crippen molar-refractivity contribution in [3.63, 3.8) is 0 Å². The molecular weight excluding hydrogens is 212 g/mol. The third-order valence-corrected chi connectivity index (χ3v) is 3.59. The Morgan fingerprint density at radius 3 is 3.00 bits per heavy atom. The molecule has 0 bridgehead atoms. The summed E-state index contributed by atoms with van der Waals surface area (Å²) in [5.41, 5.74) is 0. The van der Waals surface area contributed by atoms with Gasteiger partial charge in [0.05, 0.1) is 0 Å². The monoisotopic (exact) mass is 228 g/mol. The van der Waals surface area contributed by atoms with Gasteiger partial charge in [0, 0.05) is 17.7 Å². The third-order valence-electron chi connectivity index (χ3n) is 2.04. The molecule has 1 aromatic heterocycles. The van der Waals surface area contributed by atoms with Crippen molar-refractivity contribution < 1.29 is 4.79 Å². The highest BCUT2D eigenvalue weighted by atomic mass is 32.2. The number of carbonyl (C=O) groups is 1. The van der Waals surface area contributed by atoms with Crippen molar-refractivity contribution in [2.75, 3.05) is 12.0 Å². The molecule has 0 unspecified atom stereocenters. The molecule has 0 fully saturated rings. The first-order valence-corrected chi connectivity index (χ1v) is 7.13. The Bertz CT molecular complexity index is 254. The highest BCUT2D eigenvalue weighted by Gasteiger charge is 2.01. The van der Waals surface area contributed by atoms with Gasteiger partial charge in [0.25, 0.3) is 0 Å². The van der Waals surface area contributed by atoms with E-state index < -0.39 is 0 Å². The van der Waals surface area contributed by atoms with Gasteiger partial charge in [-0.3, -0.25) is 4.79 Å². The van der Waals surface area contributed by atoms with Crippen molar-refractivity contribution in [3.05, 3.63) is 22.4 Å². The van der Waals surface area contributed by atoms with Crippen LogP contribution in [0.4, 0.5) is 0 Å². The lowest BCUT2D eigenvalue weighted by atomic mass is 10.1. The van der Waals surface area contributed by atoms with Crippen LogP contribution in [0, 0.1) is 0 Å². The van der Waals surface area contributed by atoms with Crippen LogP contribution >= 0.6 is 23.1 Å². The molecule has 3 heteroatoms. The van der Waals surface area contributed by atoms with E-state index in [4.69, 9.17) is 0 Å². The van der Waals surface area contributed by atoms with Crippen molar-refractivity contribution in [1.29, 1.82) is 0 Å². The van der Waals surface area contributed by atoms with E-state index in [1.165, 1.54) is 4.88 Å². The molecule has 0 amide bonds. The molecule has 0 saturated carbocycles.